The summed E-state index contributed by atoms with van der Waals surface area (Å²) in [5.41, 5.74) is -2.69. The number of ketones is 1. The van der Waals surface area contributed by atoms with Crippen LogP contribution in [0, 0.1) is 5.82 Å². The predicted octanol–water partition coefficient (Wildman–Crippen LogP) is 0.553. The number of ether oxygens (including phenoxy) is 1. The minimum atomic E-state index is -5.12. The number of hydrogen-bond acceptors (Lipinski definition) is 7. The second kappa shape index (κ2) is 7.14. The van der Waals surface area contributed by atoms with Crippen LogP contribution in [0.3, 0.4) is 0 Å². The second-order valence-corrected chi connectivity index (χ2v) is 6.12. The summed E-state index contributed by atoms with van der Waals surface area (Å²) in [6.07, 6.45) is -3.93. The van der Waals surface area contributed by atoms with Crippen LogP contribution in [0.1, 0.15) is 11.6 Å². The van der Waals surface area contributed by atoms with Gasteiger partial charge in [0, 0.05) is 26.4 Å². The van der Waals surface area contributed by atoms with E-state index in [1.807, 2.05) is 0 Å². The Morgan fingerprint density at radius 1 is 1.17 bits per heavy atom. The van der Waals surface area contributed by atoms with E-state index in [9.17, 15) is 31.9 Å². The average Bonchev–Trinajstić information content (AvgIpc) is 2.60. The smallest absolute Gasteiger partial charge is 0.403 e. The molecule has 0 saturated heterocycles. The SMILES string of the molecule is CN1CC(=O)C(c2nn(C)c(=O)n(-c3ccc(OC(F)(F)F)c(F)c3)c2=O)C=N1. The van der Waals surface area contributed by atoms with Gasteiger partial charge in [-0.15, -0.1) is 13.2 Å². The number of alkyl halides is 3. The van der Waals surface area contributed by atoms with Crippen molar-refractivity contribution in [3.05, 3.63) is 50.5 Å². The first-order valence-electron chi connectivity index (χ1n) is 8.02. The molecule has 1 aromatic carbocycles. The predicted molar refractivity (Wildman–Crippen MR) is 90.6 cm³/mol. The summed E-state index contributed by atoms with van der Waals surface area (Å²) in [5.74, 6) is -4.10. The van der Waals surface area contributed by atoms with Crippen molar-refractivity contribution >= 4 is 12.0 Å². The van der Waals surface area contributed by atoms with Crippen molar-refractivity contribution in [3.63, 3.8) is 0 Å². The standard InChI is InChI=1S/C16H13F4N5O4/c1-23-7-11(26)9(6-21-23)13-14(27)25(15(28)24(2)22-13)8-3-4-12(10(17)5-8)29-16(18,19)20/h3-6,9H,7H2,1-2H3. The molecule has 0 aliphatic carbocycles. The molecule has 29 heavy (non-hydrogen) atoms. The lowest BCUT2D eigenvalue weighted by Crippen LogP contribution is -2.44. The molecule has 0 amide bonds. The first-order valence-corrected chi connectivity index (χ1v) is 8.02. The fraction of sp³-hybridized carbons (Fsp3) is 0.312. The molecule has 0 N–H and O–H groups in total. The van der Waals surface area contributed by atoms with Crippen LogP contribution in [-0.4, -0.2) is 51.3 Å². The van der Waals surface area contributed by atoms with Crippen molar-refractivity contribution in [2.45, 2.75) is 12.3 Å². The average molecular weight is 415 g/mol. The number of carbonyl (C=O) groups is 1. The molecule has 2 aromatic rings. The van der Waals surface area contributed by atoms with Gasteiger partial charge in [0.05, 0.1) is 12.2 Å². The van der Waals surface area contributed by atoms with Gasteiger partial charge in [0.2, 0.25) is 0 Å². The molecule has 0 bridgehead atoms. The molecule has 3 rings (SSSR count). The third-order valence-electron chi connectivity index (χ3n) is 3.99. The molecule has 0 fully saturated rings. The van der Waals surface area contributed by atoms with E-state index < -0.39 is 40.9 Å². The van der Waals surface area contributed by atoms with E-state index in [0.29, 0.717) is 16.7 Å². The minimum absolute atomic E-state index is 0.0940. The Morgan fingerprint density at radius 3 is 2.45 bits per heavy atom. The van der Waals surface area contributed by atoms with Crippen LogP contribution in [0.25, 0.3) is 5.69 Å². The summed E-state index contributed by atoms with van der Waals surface area (Å²) < 4.78 is 55.7. The number of nitrogens with zero attached hydrogens (tertiary/aromatic N) is 5. The van der Waals surface area contributed by atoms with Gasteiger partial charge in [-0.2, -0.15) is 10.2 Å². The summed E-state index contributed by atoms with van der Waals surface area (Å²) >= 11 is 0. The summed E-state index contributed by atoms with van der Waals surface area (Å²) in [7, 11) is 2.75. The van der Waals surface area contributed by atoms with Crippen molar-refractivity contribution in [1.82, 2.24) is 19.4 Å². The molecule has 2 heterocycles. The van der Waals surface area contributed by atoms with E-state index in [4.69, 9.17) is 0 Å². The maximum Gasteiger partial charge on any atom is 0.573 e. The minimum Gasteiger partial charge on any atom is -0.403 e. The van der Waals surface area contributed by atoms with Crippen LogP contribution < -0.4 is 16.0 Å². The van der Waals surface area contributed by atoms with E-state index in [1.165, 1.54) is 18.3 Å². The van der Waals surface area contributed by atoms with Crippen LogP contribution in [0.5, 0.6) is 5.75 Å². The van der Waals surface area contributed by atoms with Crippen molar-refractivity contribution in [3.8, 4) is 11.4 Å². The molecule has 9 nitrogen and oxygen atoms in total. The van der Waals surface area contributed by atoms with Gasteiger partial charge in [0.25, 0.3) is 5.56 Å². The lowest BCUT2D eigenvalue weighted by molar-refractivity contribution is -0.275. The molecule has 0 saturated carbocycles. The Kier molecular flexibility index (Phi) is 4.98. The Labute approximate surface area is 159 Å². The number of rotatable bonds is 3. The summed E-state index contributed by atoms with van der Waals surface area (Å²) in [5, 5.41) is 9.08. The Morgan fingerprint density at radius 2 is 1.86 bits per heavy atom. The van der Waals surface area contributed by atoms with Gasteiger partial charge in [-0.05, 0) is 12.1 Å². The molecule has 154 valence electrons. The summed E-state index contributed by atoms with van der Waals surface area (Å²) in [6, 6.07) is 2.08. The zero-order valence-electron chi connectivity index (χ0n) is 15.0. The highest BCUT2D eigenvalue weighted by molar-refractivity contribution is 6.02. The van der Waals surface area contributed by atoms with Crippen molar-refractivity contribution in [2.75, 3.05) is 13.6 Å². The highest BCUT2D eigenvalue weighted by Crippen LogP contribution is 2.26. The molecule has 0 spiro atoms. The van der Waals surface area contributed by atoms with E-state index in [2.05, 4.69) is 14.9 Å². The van der Waals surface area contributed by atoms with Crippen molar-refractivity contribution in [1.29, 1.82) is 0 Å². The van der Waals surface area contributed by atoms with Crippen molar-refractivity contribution in [2.24, 2.45) is 12.1 Å². The number of halogens is 4. The van der Waals surface area contributed by atoms with Gasteiger partial charge >= 0.3 is 12.1 Å². The van der Waals surface area contributed by atoms with Crippen molar-refractivity contribution < 1.29 is 27.1 Å². The Hall–Kier alpha value is -3.51. The fourth-order valence-electron chi connectivity index (χ4n) is 2.70. The van der Waals surface area contributed by atoms with Gasteiger partial charge in [-0.1, -0.05) is 0 Å². The number of benzene rings is 1. The third kappa shape index (κ3) is 4.02. The van der Waals surface area contributed by atoms with Gasteiger partial charge in [0.1, 0.15) is 11.6 Å². The number of hydrazone groups is 1. The molecular weight excluding hydrogens is 402 g/mol. The first-order chi connectivity index (χ1) is 13.5. The highest BCUT2D eigenvalue weighted by atomic mass is 19.4. The maximum absolute atomic E-state index is 14.0. The number of aryl methyl sites for hydroxylation is 1. The van der Waals surface area contributed by atoms with Gasteiger partial charge in [0.15, 0.2) is 17.3 Å². The topological polar surface area (TPSA) is 98.8 Å². The lowest BCUT2D eigenvalue weighted by atomic mass is 10.0. The quantitative estimate of drug-likeness (QED) is 0.680. The molecule has 1 aromatic heterocycles. The molecule has 0 radical (unpaired) electrons. The highest BCUT2D eigenvalue weighted by Gasteiger charge is 2.33. The summed E-state index contributed by atoms with van der Waals surface area (Å²) in [4.78, 5) is 37.4. The largest absolute Gasteiger partial charge is 0.573 e. The normalized spacial score (nSPS) is 17.0. The van der Waals surface area contributed by atoms with Crippen LogP contribution >= 0.6 is 0 Å². The lowest BCUT2D eigenvalue weighted by Gasteiger charge is -2.21. The number of hydrogen-bond donors (Lipinski definition) is 0. The van der Waals surface area contributed by atoms with Gasteiger partial charge < -0.3 is 4.74 Å². The zero-order chi connectivity index (χ0) is 21.5. The third-order valence-corrected chi connectivity index (χ3v) is 3.99. The van der Waals surface area contributed by atoms with E-state index in [1.54, 1.807) is 7.05 Å². The van der Waals surface area contributed by atoms with Crippen LogP contribution in [0.2, 0.25) is 0 Å². The Bertz CT molecular complexity index is 1120. The van der Waals surface area contributed by atoms with Crippen LogP contribution in [0.15, 0.2) is 32.9 Å². The molecule has 1 atom stereocenters. The maximum atomic E-state index is 14.0. The molecule has 13 heteroatoms. The molecule has 1 unspecified atom stereocenters. The van der Waals surface area contributed by atoms with E-state index >= 15 is 0 Å². The first kappa shape index (κ1) is 20.2. The van der Waals surface area contributed by atoms with Crippen LogP contribution in [0.4, 0.5) is 17.6 Å². The second-order valence-electron chi connectivity index (χ2n) is 6.12. The molecule has 1 aliphatic heterocycles. The summed E-state index contributed by atoms with van der Waals surface area (Å²) in [6.45, 7) is -0.0940. The van der Waals surface area contributed by atoms with Crippen LogP contribution in [-0.2, 0) is 11.8 Å². The fourth-order valence-corrected chi connectivity index (χ4v) is 2.70. The molecular formula is C16H13F4N5O4. The monoisotopic (exact) mass is 415 g/mol. The van der Waals surface area contributed by atoms with E-state index in [0.717, 1.165) is 10.7 Å². The van der Waals surface area contributed by atoms with Gasteiger partial charge in [-0.25, -0.2) is 18.4 Å². The molecule has 1 aliphatic rings. The van der Waals surface area contributed by atoms with Gasteiger partial charge in [-0.3, -0.25) is 14.6 Å². The Balaban J connectivity index is 2.14. The number of Topliss-reactive ketones (excluding diaryl/α,β-unsaturated/α-hetero) is 1. The van der Waals surface area contributed by atoms with E-state index in [-0.39, 0.29) is 17.9 Å². The number of carbonyl (C=O) groups excluding carboxylic acids is 1. The number of aromatic nitrogens is 3. The zero-order valence-corrected chi connectivity index (χ0v) is 15.0. The number of likely N-dealkylation sites (N-methyl/N-ethyl adjacent to an activating group) is 1.